The Bertz CT molecular complexity index is 254. The van der Waals surface area contributed by atoms with Gasteiger partial charge in [0.1, 0.15) is 0 Å². The molecule has 7 heteroatoms. The average molecular weight is 209 g/mol. The predicted octanol–water partition coefficient (Wildman–Crippen LogP) is -1.19. The number of nitrogens with zero attached hydrogens (tertiary/aromatic N) is 1. The van der Waals surface area contributed by atoms with Gasteiger partial charge < -0.3 is 4.74 Å². The highest BCUT2D eigenvalue weighted by atomic mass is 32.2. The van der Waals surface area contributed by atoms with Crippen LogP contribution in [-0.2, 0) is 14.9 Å². The van der Waals surface area contributed by atoms with E-state index in [0.29, 0.717) is 13.2 Å². The molecule has 1 aliphatic rings. The molecule has 0 aromatic rings. The van der Waals surface area contributed by atoms with Crippen LogP contribution < -0.4 is 9.97 Å². The molecule has 78 valence electrons. The molecule has 0 spiro atoms. The van der Waals surface area contributed by atoms with Crippen molar-refractivity contribution in [2.24, 2.45) is 5.14 Å². The van der Waals surface area contributed by atoms with E-state index in [4.69, 9.17) is 9.88 Å². The molecule has 1 aliphatic heterocycles. The lowest BCUT2D eigenvalue weighted by Gasteiger charge is -2.22. The van der Waals surface area contributed by atoms with Crippen LogP contribution in [0.1, 0.15) is 12.8 Å². The van der Waals surface area contributed by atoms with Gasteiger partial charge in [-0.15, -0.1) is 4.83 Å². The molecule has 0 unspecified atom stereocenters. The third kappa shape index (κ3) is 3.57. The van der Waals surface area contributed by atoms with Crippen molar-refractivity contribution in [3.05, 3.63) is 0 Å². The van der Waals surface area contributed by atoms with Gasteiger partial charge in [0.05, 0.1) is 6.61 Å². The number of ether oxygens (including phenoxy) is 1. The van der Waals surface area contributed by atoms with Crippen LogP contribution in [-0.4, -0.2) is 39.7 Å². The van der Waals surface area contributed by atoms with Crippen LogP contribution in [0.5, 0.6) is 0 Å². The number of hydrogen-bond donors (Lipinski definition) is 2. The maximum absolute atomic E-state index is 10.7. The second kappa shape index (κ2) is 4.34. The summed E-state index contributed by atoms with van der Waals surface area (Å²) < 4.78 is 26.4. The summed E-state index contributed by atoms with van der Waals surface area (Å²) in [5.74, 6) is 0. The molecule has 0 bridgehead atoms. The Morgan fingerprint density at radius 2 is 2.38 bits per heavy atom. The number of nitrogens with one attached hydrogen (secondary N) is 1. The third-order valence-electron chi connectivity index (χ3n) is 1.98. The molecule has 0 aromatic carbocycles. The van der Waals surface area contributed by atoms with Crippen molar-refractivity contribution >= 4 is 10.2 Å². The van der Waals surface area contributed by atoms with Crippen LogP contribution >= 0.6 is 0 Å². The molecule has 0 radical (unpaired) electrons. The van der Waals surface area contributed by atoms with Gasteiger partial charge in [0.2, 0.25) is 0 Å². The molecule has 3 N–H and O–H groups in total. The Labute approximate surface area is 78.2 Å². The first-order valence-electron chi connectivity index (χ1n) is 4.08. The van der Waals surface area contributed by atoms with Gasteiger partial charge in [-0.2, -0.15) is 8.42 Å². The molecular weight excluding hydrogens is 194 g/mol. The van der Waals surface area contributed by atoms with Gasteiger partial charge in [-0.25, -0.2) is 10.1 Å². The molecule has 13 heavy (non-hydrogen) atoms. The van der Waals surface area contributed by atoms with Gasteiger partial charge in [0.25, 0.3) is 10.2 Å². The molecule has 1 atom stereocenters. The van der Waals surface area contributed by atoms with Crippen molar-refractivity contribution in [2.75, 3.05) is 20.3 Å². The highest BCUT2D eigenvalue weighted by Gasteiger charge is 2.26. The SMILES string of the molecule is COC[C@H]1CCCN1NS(N)(=O)=O. The molecule has 0 aliphatic carbocycles. The predicted molar refractivity (Wildman–Crippen MR) is 47.8 cm³/mol. The minimum atomic E-state index is -3.64. The van der Waals surface area contributed by atoms with Crippen molar-refractivity contribution < 1.29 is 13.2 Å². The van der Waals surface area contributed by atoms with E-state index in [1.54, 1.807) is 12.1 Å². The molecule has 6 nitrogen and oxygen atoms in total. The smallest absolute Gasteiger partial charge is 0.287 e. The second-order valence-corrected chi connectivity index (χ2v) is 4.35. The first-order chi connectivity index (χ1) is 6.03. The van der Waals surface area contributed by atoms with E-state index in [2.05, 4.69) is 4.83 Å². The van der Waals surface area contributed by atoms with Gasteiger partial charge in [-0.3, -0.25) is 0 Å². The highest BCUT2D eigenvalue weighted by Crippen LogP contribution is 2.14. The summed E-state index contributed by atoms with van der Waals surface area (Å²) in [6, 6.07) is 0.100. The minimum Gasteiger partial charge on any atom is -0.383 e. The van der Waals surface area contributed by atoms with Crippen molar-refractivity contribution in [3.63, 3.8) is 0 Å². The van der Waals surface area contributed by atoms with Crippen molar-refractivity contribution in [1.29, 1.82) is 0 Å². The van der Waals surface area contributed by atoms with Gasteiger partial charge in [-0.05, 0) is 12.8 Å². The summed E-state index contributed by atoms with van der Waals surface area (Å²) in [6.45, 7) is 1.20. The van der Waals surface area contributed by atoms with E-state index < -0.39 is 10.2 Å². The Balaban J connectivity index is 2.49. The number of nitrogens with two attached hydrogens (primary N) is 1. The molecule has 0 saturated carbocycles. The maximum atomic E-state index is 10.7. The maximum Gasteiger partial charge on any atom is 0.287 e. The fraction of sp³-hybridized carbons (Fsp3) is 1.00. The Morgan fingerprint density at radius 3 is 2.92 bits per heavy atom. The van der Waals surface area contributed by atoms with E-state index in [-0.39, 0.29) is 6.04 Å². The van der Waals surface area contributed by atoms with Gasteiger partial charge >= 0.3 is 0 Å². The normalized spacial score (nSPS) is 25.2. The topological polar surface area (TPSA) is 84.7 Å². The van der Waals surface area contributed by atoms with Gasteiger partial charge in [-0.1, -0.05) is 0 Å². The van der Waals surface area contributed by atoms with Crippen LogP contribution in [0.2, 0.25) is 0 Å². The molecule has 0 aromatic heterocycles. The number of hydrazine groups is 1. The lowest BCUT2D eigenvalue weighted by atomic mass is 10.2. The number of hydrogen-bond acceptors (Lipinski definition) is 4. The Morgan fingerprint density at radius 1 is 1.69 bits per heavy atom. The van der Waals surface area contributed by atoms with Crippen LogP contribution in [0.15, 0.2) is 0 Å². The fourth-order valence-corrected chi connectivity index (χ4v) is 2.05. The van der Waals surface area contributed by atoms with Crippen LogP contribution in [0.3, 0.4) is 0 Å². The molecule has 1 saturated heterocycles. The van der Waals surface area contributed by atoms with Crippen molar-refractivity contribution in [1.82, 2.24) is 9.84 Å². The largest absolute Gasteiger partial charge is 0.383 e. The summed E-state index contributed by atoms with van der Waals surface area (Å²) in [7, 11) is -2.05. The van der Waals surface area contributed by atoms with Crippen LogP contribution in [0.25, 0.3) is 0 Å². The zero-order valence-electron chi connectivity index (χ0n) is 7.56. The zero-order valence-corrected chi connectivity index (χ0v) is 8.38. The first-order valence-corrected chi connectivity index (χ1v) is 5.63. The molecule has 1 fully saturated rings. The first kappa shape index (κ1) is 10.9. The third-order valence-corrected chi connectivity index (χ3v) is 2.47. The van der Waals surface area contributed by atoms with E-state index in [9.17, 15) is 8.42 Å². The molecule has 1 rings (SSSR count). The lowest BCUT2D eigenvalue weighted by Crippen LogP contribution is -2.49. The fourth-order valence-electron chi connectivity index (χ4n) is 1.48. The van der Waals surface area contributed by atoms with Gasteiger partial charge in [0.15, 0.2) is 0 Å². The van der Waals surface area contributed by atoms with Crippen molar-refractivity contribution in [2.45, 2.75) is 18.9 Å². The summed E-state index contributed by atoms with van der Waals surface area (Å²) in [5.41, 5.74) is 0. The summed E-state index contributed by atoms with van der Waals surface area (Å²) >= 11 is 0. The van der Waals surface area contributed by atoms with E-state index in [0.717, 1.165) is 12.8 Å². The standard InChI is InChI=1S/C6H15N3O3S/c1-12-5-6-3-2-4-9(6)8-13(7,10)11/h6,8H,2-5H2,1H3,(H2,7,10,11)/t6-/m1/s1. The Hall–Kier alpha value is -0.210. The lowest BCUT2D eigenvalue weighted by molar-refractivity contribution is 0.104. The Kier molecular flexibility index (Phi) is 3.63. The van der Waals surface area contributed by atoms with Crippen molar-refractivity contribution in [3.8, 4) is 0 Å². The quantitative estimate of drug-likeness (QED) is 0.609. The summed E-state index contributed by atoms with van der Waals surface area (Å²) in [6.07, 6.45) is 1.88. The molecule has 1 heterocycles. The summed E-state index contributed by atoms with van der Waals surface area (Å²) in [5, 5.41) is 6.46. The van der Waals surface area contributed by atoms with E-state index >= 15 is 0 Å². The molecule has 0 amide bonds. The van der Waals surface area contributed by atoms with Crippen LogP contribution in [0, 0.1) is 0 Å². The van der Waals surface area contributed by atoms with E-state index in [1.807, 2.05) is 0 Å². The zero-order chi connectivity index (χ0) is 9.90. The average Bonchev–Trinajstić information content (AvgIpc) is 2.34. The minimum absolute atomic E-state index is 0.100. The van der Waals surface area contributed by atoms with Crippen LogP contribution in [0.4, 0.5) is 0 Å². The molecular formula is C6H15N3O3S. The second-order valence-electron chi connectivity index (χ2n) is 3.08. The highest BCUT2D eigenvalue weighted by molar-refractivity contribution is 7.87. The number of methoxy groups -OCH3 is 1. The van der Waals surface area contributed by atoms with Gasteiger partial charge in [0, 0.05) is 19.7 Å². The number of rotatable bonds is 4. The van der Waals surface area contributed by atoms with E-state index in [1.165, 1.54) is 0 Å². The summed E-state index contributed by atoms with van der Waals surface area (Å²) in [4.78, 5) is 2.26. The monoisotopic (exact) mass is 209 g/mol.